The topological polar surface area (TPSA) is 71.1 Å². The third kappa shape index (κ3) is 5.40. The van der Waals surface area contributed by atoms with Gasteiger partial charge in [0.15, 0.2) is 5.13 Å². The van der Waals surface area contributed by atoms with Gasteiger partial charge in [0.05, 0.1) is 23.7 Å². The van der Waals surface area contributed by atoms with Gasteiger partial charge in [-0.3, -0.25) is 14.9 Å². The van der Waals surface area contributed by atoms with Crippen molar-refractivity contribution in [3.8, 4) is 0 Å². The van der Waals surface area contributed by atoms with Crippen LogP contribution in [0.1, 0.15) is 33.2 Å². The van der Waals surface area contributed by atoms with Gasteiger partial charge >= 0.3 is 0 Å². The predicted molar refractivity (Wildman–Crippen MR) is 126 cm³/mol. The number of nitrogens with zero attached hydrogens (tertiary/aromatic N) is 1. The van der Waals surface area contributed by atoms with Crippen LogP contribution < -0.4 is 10.6 Å². The molecule has 0 saturated heterocycles. The second-order valence-electron chi connectivity index (χ2n) is 6.86. The first-order valence-corrected chi connectivity index (χ1v) is 11.8. The number of rotatable bonds is 7. The van der Waals surface area contributed by atoms with E-state index >= 15 is 0 Å². The number of amides is 2. The average molecular weight is 486 g/mol. The van der Waals surface area contributed by atoms with Gasteiger partial charge in [-0.25, -0.2) is 9.37 Å². The van der Waals surface area contributed by atoms with Crippen LogP contribution in [0.15, 0.2) is 70.7 Å². The van der Waals surface area contributed by atoms with Crippen molar-refractivity contribution in [2.75, 3.05) is 5.32 Å². The minimum atomic E-state index is -0.608. The highest BCUT2D eigenvalue weighted by Crippen LogP contribution is 2.26. The third-order valence-corrected chi connectivity index (χ3v) is 6.38. The van der Waals surface area contributed by atoms with Gasteiger partial charge in [-0.15, -0.1) is 11.3 Å². The van der Waals surface area contributed by atoms with Crippen molar-refractivity contribution < 1.29 is 14.0 Å². The number of halogens is 2. The number of hydrogen-bond donors (Lipinski definition) is 2. The Bertz CT molecular complexity index is 1230. The summed E-state index contributed by atoms with van der Waals surface area (Å²) in [6.45, 7) is 0. The Labute approximate surface area is 196 Å². The molecule has 2 aromatic heterocycles. The van der Waals surface area contributed by atoms with Crippen molar-refractivity contribution in [2.24, 2.45) is 0 Å². The number of carbonyl (C=O) groups is 2. The van der Waals surface area contributed by atoms with E-state index in [1.165, 1.54) is 29.5 Å². The molecule has 32 heavy (non-hydrogen) atoms. The SMILES string of the molecule is O=C(Cc1csc(NC(=O)c2ccccc2F)n1)NC(c1ccc(Cl)cc1)c1ccsc1. The van der Waals surface area contributed by atoms with Crippen molar-refractivity contribution >= 4 is 51.2 Å². The van der Waals surface area contributed by atoms with E-state index in [0.29, 0.717) is 15.8 Å². The molecule has 0 aliphatic heterocycles. The number of anilines is 1. The highest BCUT2D eigenvalue weighted by Gasteiger charge is 2.19. The van der Waals surface area contributed by atoms with Crippen LogP contribution >= 0.6 is 34.3 Å². The third-order valence-electron chi connectivity index (χ3n) is 4.62. The van der Waals surface area contributed by atoms with Crippen LogP contribution in [0.25, 0.3) is 0 Å². The van der Waals surface area contributed by atoms with Crippen molar-refractivity contribution in [1.29, 1.82) is 0 Å². The summed E-state index contributed by atoms with van der Waals surface area (Å²) in [6.07, 6.45) is 0.0420. The van der Waals surface area contributed by atoms with Crippen molar-refractivity contribution in [2.45, 2.75) is 12.5 Å². The molecule has 162 valence electrons. The Kier molecular flexibility index (Phi) is 6.94. The van der Waals surface area contributed by atoms with E-state index in [-0.39, 0.29) is 23.9 Å². The Morgan fingerprint density at radius 3 is 2.53 bits per heavy atom. The van der Waals surface area contributed by atoms with Gasteiger partial charge in [0.2, 0.25) is 5.91 Å². The predicted octanol–water partition coefficient (Wildman–Crippen LogP) is 5.70. The second kappa shape index (κ2) is 10.0. The van der Waals surface area contributed by atoms with Crippen LogP contribution in [-0.2, 0) is 11.2 Å². The van der Waals surface area contributed by atoms with Gasteiger partial charge in [0, 0.05) is 10.4 Å². The molecule has 0 saturated carbocycles. The van der Waals surface area contributed by atoms with Crippen LogP contribution in [-0.4, -0.2) is 16.8 Å². The minimum absolute atomic E-state index is 0.0420. The Morgan fingerprint density at radius 1 is 1.03 bits per heavy atom. The lowest BCUT2D eigenvalue weighted by Crippen LogP contribution is -2.30. The summed E-state index contributed by atoms with van der Waals surface area (Å²) >= 11 is 8.72. The second-order valence-corrected chi connectivity index (χ2v) is 8.94. The first-order chi connectivity index (χ1) is 15.5. The molecular formula is C23H17ClFN3O2S2. The highest BCUT2D eigenvalue weighted by molar-refractivity contribution is 7.14. The molecule has 5 nitrogen and oxygen atoms in total. The molecule has 0 bridgehead atoms. The maximum Gasteiger partial charge on any atom is 0.260 e. The molecule has 0 spiro atoms. The fraction of sp³-hybridized carbons (Fsp3) is 0.0870. The van der Waals surface area contributed by atoms with E-state index in [0.717, 1.165) is 11.1 Å². The first-order valence-electron chi connectivity index (χ1n) is 9.57. The molecule has 2 heterocycles. The van der Waals surface area contributed by atoms with Gasteiger partial charge in [0.25, 0.3) is 5.91 Å². The number of benzene rings is 2. The number of nitrogens with one attached hydrogen (secondary N) is 2. The van der Waals surface area contributed by atoms with Crippen LogP contribution in [0.2, 0.25) is 5.02 Å². The van der Waals surface area contributed by atoms with Crippen LogP contribution in [0.3, 0.4) is 0 Å². The van der Waals surface area contributed by atoms with Crippen LogP contribution in [0.5, 0.6) is 0 Å². The molecule has 2 amide bonds. The lowest BCUT2D eigenvalue weighted by molar-refractivity contribution is -0.121. The van der Waals surface area contributed by atoms with Crippen molar-refractivity contribution in [3.63, 3.8) is 0 Å². The van der Waals surface area contributed by atoms with E-state index in [2.05, 4.69) is 15.6 Å². The molecule has 2 aromatic carbocycles. The smallest absolute Gasteiger partial charge is 0.260 e. The average Bonchev–Trinajstić information content (AvgIpc) is 3.45. The van der Waals surface area contributed by atoms with Gasteiger partial charge in [-0.05, 0) is 52.2 Å². The summed E-state index contributed by atoms with van der Waals surface area (Å²) in [4.78, 5) is 29.3. The zero-order valence-corrected chi connectivity index (χ0v) is 18.9. The molecule has 0 aliphatic rings. The van der Waals surface area contributed by atoms with Gasteiger partial charge in [-0.1, -0.05) is 35.9 Å². The number of thiophene rings is 1. The van der Waals surface area contributed by atoms with E-state index in [4.69, 9.17) is 11.6 Å². The van der Waals surface area contributed by atoms with E-state index in [1.54, 1.807) is 34.9 Å². The standard InChI is InChI=1S/C23H17ClFN3O2S2/c24-16-7-5-14(6-8-16)21(15-9-10-31-12-15)27-20(29)11-17-13-32-23(26-17)28-22(30)18-3-1-2-4-19(18)25/h1-10,12-13,21H,11H2,(H,27,29)(H,26,28,30). The molecule has 0 radical (unpaired) electrons. The summed E-state index contributed by atoms with van der Waals surface area (Å²) in [6, 6.07) is 14.7. The molecule has 1 atom stereocenters. The fourth-order valence-corrected chi connectivity index (χ4v) is 4.60. The first kappa shape index (κ1) is 22.1. The molecular weight excluding hydrogens is 469 g/mol. The molecule has 4 aromatic rings. The Morgan fingerprint density at radius 2 is 1.81 bits per heavy atom. The molecule has 0 fully saturated rings. The van der Waals surface area contributed by atoms with E-state index in [9.17, 15) is 14.0 Å². The quantitative estimate of drug-likeness (QED) is 0.353. The normalized spacial score (nSPS) is 11.7. The largest absolute Gasteiger partial charge is 0.345 e. The maximum atomic E-state index is 13.8. The van der Waals surface area contributed by atoms with Crippen LogP contribution in [0.4, 0.5) is 9.52 Å². The van der Waals surface area contributed by atoms with E-state index in [1.807, 2.05) is 29.0 Å². The number of carbonyl (C=O) groups excluding carboxylic acids is 2. The number of hydrogen-bond acceptors (Lipinski definition) is 5. The zero-order valence-electron chi connectivity index (χ0n) is 16.5. The lowest BCUT2D eigenvalue weighted by Gasteiger charge is -2.18. The van der Waals surface area contributed by atoms with Gasteiger partial charge < -0.3 is 5.32 Å². The lowest BCUT2D eigenvalue weighted by atomic mass is 10.0. The summed E-state index contributed by atoms with van der Waals surface area (Å²) < 4.78 is 13.8. The van der Waals surface area contributed by atoms with Crippen molar-refractivity contribution in [3.05, 3.63) is 104 Å². The summed E-state index contributed by atoms with van der Waals surface area (Å²) in [7, 11) is 0. The monoisotopic (exact) mass is 485 g/mol. The zero-order chi connectivity index (χ0) is 22.5. The number of aromatic nitrogens is 1. The Hall–Kier alpha value is -3.07. The van der Waals surface area contributed by atoms with Crippen LogP contribution in [0, 0.1) is 5.82 Å². The molecule has 2 N–H and O–H groups in total. The summed E-state index contributed by atoms with van der Waals surface area (Å²) in [5.74, 6) is -1.41. The highest BCUT2D eigenvalue weighted by atomic mass is 35.5. The molecule has 1 unspecified atom stereocenters. The van der Waals surface area contributed by atoms with Gasteiger partial charge in [0.1, 0.15) is 5.82 Å². The van der Waals surface area contributed by atoms with Crippen molar-refractivity contribution in [1.82, 2.24) is 10.3 Å². The van der Waals surface area contributed by atoms with Gasteiger partial charge in [-0.2, -0.15) is 11.3 Å². The minimum Gasteiger partial charge on any atom is -0.345 e. The fourth-order valence-electron chi connectivity index (χ4n) is 3.09. The summed E-state index contributed by atoms with van der Waals surface area (Å²) in [5.41, 5.74) is 2.33. The molecule has 9 heteroatoms. The Balaban J connectivity index is 1.42. The summed E-state index contributed by atoms with van der Waals surface area (Å²) in [5, 5.41) is 12.2. The number of thiazole rings is 1. The maximum absolute atomic E-state index is 13.8. The van der Waals surface area contributed by atoms with E-state index < -0.39 is 11.7 Å². The molecule has 0 aliphatic carbocycles. The molecule has 4 rings (SSSR count).